The largest absolute Gasteiger partial charge is 0.377 e. The summed E-state index contributed by atoms with van der Waals surface area (Å²) in [6, 6.07) is 5.00. The molecule has 6 nitrogen and oxygen atoms in total. The van der Waals surface area contributed by atoms with Crippen molar-refractivity contribution in [2.75, 3.05) is 32.8 Å². The number of carbonyl (C=O) groups excluding carboxylic acids is 1. The third-order valence-electron chi connectivity index (χ3n) is 5.26. The van der Waals surface area contributed by atoms with Crippen LogP contribution in [0.4, 0.5) is 0 Å². The highest BCUT2D eigenvalue weighted by Gasteiger charge is 2.35. The molecular weight excluding hydrogens is 352 g/mol. The van der Waals surface area contributed by atoms with Gasteiger partial charge in [0.15, 0.2) is 0 Å². The van der Waals surface area contributed by atoms with E-state index in [1.165, 1.54) is 0 Å². The van der Waals surface area contributed by atoms with E-state index in [4.69, 9.17) is 4.74 Å². The number of carbonyl (C=O) groups is 1. The van der Waals surface area contributed by atoms with Gasteiger partial charge in [-0.25, -0.2) is 8.42 Å². The van der Waals surface area contributed by atoms with E-state index in [2.05, 4.69) is 0 Å². The Morgan fingerprint density at radius 3 is 2.46 bits per heavy atom. The van der Waals surface area contributed by atoms with E-state index < -0.39 is 15.6 Å². The lowest BCUT2D eigenvalue weighted by Gasteiger charge is -2.42. The number of hydrogen-bond acceptors (Lipinski definition) is 4. The van der Waals surface area contributed by atoms with Crippen molar-refractivity contribution in [3.63, 3.8) is 0 Å². The van der Waals surface area contributed by atoms with Gasteiger partial charge in [-0.2, -0.15) is 4.31 Å². The van der Waals surface area contributed by atoms with Crippen LogP contribution >= 0.6 is 0 Å². The Kier molecular flexibility index (Phi) is 5.42. The number of hydrogen-bond donors (Lipinski definition) is 0. The van der Waals surface area contributed by atoms with Crippen molar-refractivity contribution in [1.29, 1.82) is 0 Å². The Bertz CT molecular complexity index is 783. The van der Waals surface area contributed by atoms with Crippen LogP contribution in [-0.2, 0) is 14.8 Å². The summed E-state index contributed by atoms with van der Waals surface area (Å²) in [6.07, 6.45) is 2.84. The summed E-state index contributed by atoms with van der Waals surface area (Å²) in [5.41, 5.74) is 0.682. The maximum Gasteiger partial charge on any atom is 0.254 e. The minimum Gasteiger partial charge on any atom is -0.377 e. The molecule has 1 aromatic carbocycles. The first-order valence-electron chi connectivity index (χ1n) is 9.24. The summed E-state index contributed by atoms with van der Waals surface area (Å²) >= 11 is 0. The van der Waals surface area contributed by atoms with E-state index in [9.17, 15) is 13.2 Å². The van der Waals surface area contributed by atoms with E-state index in [1.54, 1.807) is 34.3 Å². The van der Waals surface area contributed by atoms with Crippen molar-refractivity contribution >= 4 is 15.9 Å². The Labute approximate surface area is 156 Å². The second-order valence-corrected chi connectivity index (χ2v) is 9.67. The lowest BCUT2D eigenvalue weighted by atomic mass is 10.0. The van der Waals surface area contributed by atoms with E-state index in [1.807, 2.05) is 13.8 Å². The first kappa shape index (κ1) is 19.3. The monoisotopic (exact) mass is 380 g/mol. The van der Waals surface area contributed by atoms with E-state index >= 15 is 0 Å². The predicted octanol–water partition coefficient (Wildman–Crippen LogP) is 2.42. The number of nitrogens with zero attached hydrogens (tertiary/aromatic N) is 2. The molecule has 0 radical (unpaired) electrons. The molecule has 0 saturated carbocycles. The van der Waals surface area contributed by atoms with E-state index in [-0.39, 0.29) is 10.8 Å². The number of ether oxygens (including phenoxy) is 1. The average molecular weight is 381 g/mol. The molecule has 1 aromatic rings. The first-order valence-corrected chi connectivity index (χ1v) is 10.7. The molecule has 2 heterocycles. The second kappa shape index (κ2) is 7.29. The van der Waals surface area contributed by atoms with Crippen LogP contribution in [-0.4, -0.2) is 61.9 Å². The smallest absolute Gasteiger partial charge is 0.254 e. The maximum atomic E-state index is 13.1. The third-order valence-corrected chi connectivity index (χ3v) is 7.30. The fraction of sp³-hybridized carbons (Fsp3) is 0.632. The summed E-state index contributed by atoms with van der Waals surface area (Å²) in [5.74, 6) is -0.145. The minimum atomic E-state index is -3.57. The zero-order valence-corrected chi connectivity index (χ0v) is 16.6. The number of benzene rings is 1. The number of rotatable bonds is 3. The zero-order valence-electron chi connectivity index (χ0n) is 15.8. The fourth-order valence-corrected chi connectivity index (χ4v) is 5.41. The number of morpholine rings is 1. The van der Waals surface area contributed by atoms with Crippen LogP contribution in [0.1, 0.15) is 49.0 Å². The summed E-state index contributed by atoms with van der Waals surface area (Å²) < 4.78 is 33.2. The van der Waals surface area contributed by atoms with Crippen molar-refractivity contribution in [1.82, 2.24) is 9.21 Å². The molecule has 2 fully saturated rings. The molecule has 2 aliphatic heterocycles. The number of sulfonamides is 1. The van der Waals surface area contributed by atoms with Gasteiger partial charge in [0, 0.05) is 25.2 Å². The molecule has 2 aliphatic rings. The van der Waals surface area contributed by atoms with Gasteiger partial charge in [0.2, 0.25) is 10.0 Å². The highest BCUT2D eigenvalue weighted by Crippen LogP contribution is 2.27. The molecule has 0 aromatic heterocycles. The Morgan fingerprint density at radius 2 is 1.81 bits per heavy atom. The zero-order chi connectivity index (χ0) is 18.9. The topological polar surface area (TPSA) is 66.9 Å². The number of aryl methyl sites for hydroxylation is 1. The van der Waals surface area contributed by atoms with Crippen LogP contribution in [0, 0.1) is 6.92 Å². The summed E-state index contributed by atoms with van der Waals surface area (Å²) in [5, 5.41) is 0. The molecule has 0 atom stereocenters. The van der Waals surface area contributed by atoms with Gasteiger partial charge in [-0.15, -0.1) is 0 Å². The summed E-state index contributed by atoms with van der Waals surface area (Å²) in [4.78, 5) is 15.1. The molecule has 0 unspecified atom stereocenters. The first-order chi connectivity index (χ1) is 12.2. The van der Waals surface area contributed by atoms with Crippen LogP contribution in [0.15, 0.2) is 23.1 Å². The van der Waals surface area contributed by atoms with Gasteiger partial charge in [0.1, 0.15) is 0 Å². The highest BCUT2D eigenvalue weighted by molar-refractivity contribution is 7.89. The van der Waals surface area contributed by atoms with Crippen LogP contribution in [0.5, 0.6) is 0 Å². The van der Waals surface area contributed by atoms with Crippen LogP contribution in [0.3, 0.4) is 0 Å². The molecule has 144 valence electrons. The van der Waals surface area contributed by atoms with Crippen molar-refractivity contribution in [3.05, 3.63) is 29.3 Å². The van der Waals surface area contributed by atoms with E-state index in [0.29, 0.717) is 44.0 Å². The molecule has 3 rings (SSSR count). The molecule has 7 heteroatoms. The Morgan fingerprint density at radius 1 is 1.12 bits per heavy atom. The van der Waals surface area contributed by atoms with Gasteiger partial charge in [0.25, 0.3) is 5.91 Å². The van der Waals surface area contributed by atoms with Crippen molar-refractivity contribution in [2.45, 2.75) is 50.5 Å². The molecule has 0 aliphatic carbocycles. The number of amides is 1. The maximum absolute atomic E-state index is 13.1. The highest BCUT2D eigenvalue weighted by atomic mass is 32.2. The van der Waals surface area contributed by atoms with E-state index in [0.717, 1.165) is 19.3 Å². The standard InChI is InChI=1S/C19H28N2O4S/c1-15-7-8-16(18(22)21-11-12-25-14-19(21,2)3)13-17(15)26(23,24)20-9-5-4-6-10-20/h7-8,13H,4-6,9-12,14H2,1-3H3. The van der Waals surface area contributed by atoms with Crippen molar-refractivity contribution in [2.24, 2.45) is 0 Å². The SMILES string of the molecule is Cc1ccc(C(=O)N2CCOCC2(C)C)cc1S(=O)(=O)N1CCCCC1. The second-order valence-electron chi connectivity index (χ2n) is 7.77. The van der Waals surface area contributed by atoms with Crippen LogP contribution in [0.2, 0.25) is 0 Å². The normalized spacial score (nSPS) is 21.6. The minimum absolute atomic E-state index is 0.145. The third kappa shape index (κ3) is 3.66. The van der Waals surface area contributed by atoms with Gasteiger partial charge >= 0.3 is 0 Å². The molecule has 0 spiro atoms. The van der Waals surface area contributed by atoms with Gasteiger partial charge < -0.3 is 9.64 Å². The van der Waals surface area contributed by atoms with Gasteiger partial charge in [-0.3, -0.25) is 4.79 Å². The fourth-order valence-electron chi connectivity index (χ4n) is 3.65. The quantitative estimate of drug-likeness (QED) is 0.808. The molecule has 1 amide bonds. The molecule has 26 heavy (non-hydrogen) atoms. The lowest BCUT2D eigenvalue weighted by molar-refractivity contribution is -0.0370. The van der Waals surface area contributed by atoms with Gasteiger partial charge in [-0.05, 0) is 51.3 Å². The van der Waals surface area contributed by atoms with Crippen LogP contribution < -0.4 is 0 Å². The molecule has 0 N–H and O–H groups in total. The summed E-state index contributed by atoms with van der Waals surface area (Å²) in [6.45, 7) is 8.29. The molecular formula is C19H28N2O4S. The molecule has 2 saturated heterocycles. The van der Waals surface area contributed by atoms with Gasteiger partial charge in [0.05, 0.1) is 23.6 Å². The predicted molar refractivity (Wildman–Crippen MR) is 99.7 cm³/mol. The average Bonchev–Trinajstić information content (AvgIpc) is 2.62. The Balaban J connectivity index is 1.93. The van der Waals surface area contributed by atoms with Gasteiger partial charge in [-0.1, -0.05) is 12.5 Å². The lowest BCUT2D eigenvalue weighted by Crippen LogP contribution is -2.55. The number of piperidine rings is 1. The Hall–Kier alpha value is -1.44. The molecule has 0 bridgehead atoms. The van der Waals surface area contributed by atoms with Crippen LogP contribution in [0.25, 0.3) is 0 Å². The summed E-state index contributed by atoms with van der Waals surface area (Å²) in [7, 11) is -3.57. The van der Waals surface area contributed by atoms with Crippen molar-refractivity contribution < 1.29 is 17.9 Å². The van der Waals surface area contributed by atoms with Crippen molar-refractivity contribution in [3.8, 4) is 0 Å².